The number of rotatable bonds is 6. The lowest BCUT2D eigenvalue weighted by molar-refractivity contribution is 0.0660. The highest BCUT2D eigenvalue weighted by molar-refractivity contribution is 5.84. The summed E-state index contributed by atoms with van der Waals surface area (Å²) >= 11 is 0. The van der Waals surface area contributed by atoms with Crippen LogP contribution in [0.5, 0.6) is 5.75 Å². The molecule has 0 aliphatic carbocycles. The maximum absolute atomic E-state index is 10.8. The van der Waals surface area contributed by atoms with Crippen LogP contribution in [0.15, 0.2) is 28.7 Å². The molecule has 2 rings (SSSR count). The molecule has 0 amide bonds. The molecule has 0 saturated carbocycles. The van der Waals surface area contributed by atoms with Crippen molar-refractivity contribution in [2.75, 3.05) is 6.61 Å². The molecule has 0 aliphatic rings. The van der Waals surface area contributed by atoms with Gasteiger partial charge in [-0.15, -0.1) is 0 Å². The number of carboxylic acids is 1. The van der Waals surface area contributed by atoms with Crippen LogP contribution < -0.4 is 4.74 Å². The van der Waals surface area contributed by atoms with Crippen LogP contribution in [-0.4, -0.2) is 17.7 Å². The molecule has 1 atom stereocenters. The topological polar surface area (TPSA) is 83.5 Å². The molecular formula is C18H19NO4. The highest BCUT2D eigenvalue weighted by Crippen LogP contribution is 2.25. The summed E-state index contributed by atoms with van der Waals surface area (Å²) in [5.41, 5.74) is 3.41. The van der Waals surface area contributed by atoms with Crippen molar-refractivity contribution in [1.82, 2.24) is 0 Å². The number of hydrogen-bond acceptors (Lipinski definition) is 4. The van der Waals surface area contributed by atoms with Gasteiger partial charge >= 0.3 is 5.97 Å². The van der Waals surface area contributed by atoms with Crippen LogP contribution in [0.2, 0.25) is 0 Å². The Bertz CT molecular complexity index is 755. The first-order valence-corrected chi connectivity index (χ1v) is 7.35. The maximum Gasteiger partial charge on any atom is 0.371 e. The van der Waals surface area contributed by atoms with E-state index in [-0.39, 0.29) is 5.76 Å². The lowest BCUT2D eigenvalue weighted by Gasteiger charge is -2.13. The predicted molar refractivity (Wildman–Crippen MR) is 84.8 cm³/mol. The number of ether oxygens (including phenoxy) is 1. The quantitative estimate of drug-likeness (QED) is 0.872. The van der Waals surface area contributed by atoms with Crippen LogP contribution in [0, 0.1) is 32.1 Å². The average Bonchev–Trinajstić information content (AvgIpc) is 2.98. The number of carbonyl (C=O) groups is 1. The number of hydrogen-bond donors (Lipinski definition) is 1. The van der Waals surface area contributed by atoms with Gasteiger partial charge < -0.3 is 14.3 Å². The van der Waals surface area contributed by atoms with Crippen molar-refractivity contribution in [2.24, 2.45) is 0 Å². The largest absolute Gasteiger partial charge is 0.493 e. The zero-order valence-corrected chi connectivity index (χ0v) is 13.4. The Morgan fingerprint density at radius 2 is 1.96 bits per heavy atom. The highest BCUT2D eigenvalue weighted by atomic mass is 16.5. The standard InChI is InChI=1S/C18H19NO4/c1-11-8-13(3)17(9-12(11)2)22-7-6-14(10-19)15-4-5-16(23-15)18(20)21/h4-5,8-9,14H,6-7H2,1-3H3,(H,20,21). The normalized spacial score (nSPS) is 11.7. The van der Waals surface area contributed by atoms with Crippen LogP contribution in [0.25, 0.3) is 0 Å². The van der Waals surface area contributed by atoms with E-state index in [0.29, 0.717) is 18.8 Å². The molecule has 5 heteroatoms. The molecule has 0 bridgehead atoms. The van der Waals surface area contributed by atoms with Gasteiger partial charge in [0.25, 0.3) is 0 Å². The van der Waals surface area contributed by atoms with E-state index in [0.717, 1.165) is 16.9 Å². The van der Waals surface area contributed by atoms with Gasteiger partial charge in [-0.25, -0.2) is 4.79 Å². The number of carboxylic acid groups (broad SMARTS) is 1. The molecule has 1 N–H and O–H groups in total. The number of furan rings is 1. The summed E-state index contributed by atoms with van der Waals surface area (Å²) in [6.45, 7) is 6.41. The lowest BCUT2D eigenvalue weighted by Crippen LogP contribution is -2.05. The molecular weight excluding hydrogens is 294 g/mol. The first kappa shape index (κ1) is 16.6. The highest BCUT2D eigenvalue weighted by Gasteiger charge is 2.18. The van der Waals surface area contributed by atoms with Crippen LogP contribution in [-0.2, 0) is 0 Å². The van der Waals surface area contributed by atoms with Gasteiger partial charge in [-0.2, -0.15) is 5.26 Å². The first-order valence-electron chi connectivity index (χ1n) is 7.35. The summed E-state index contributed by atoms with van der Waals surface area (Å²) in [6, 6.07) is 9.06. The number of nitrogens with zero attached hydrogens (tertiary/aromatic N) is 1. The number of aromatic carboxylic acids is 1. The summed E-state index contributed by atoms with van der Waals surface area (Å²) in [7, 11) is 0. The van der Waals surface area contributed by atoms with E-state index >= 15 is 0 Å². The third-order valence-corrected chi connectivity index (χ3v) is 3.79. The van der Waals surface area contributed by atoms with Crippen molar-refractivity contribution in [1.29, 1.82) is 5.26 Å². The van der Waals surface area contributed by atoms with Gasteiger partial charge in [-0.3, -0.25) is 0 Å². The van der Waals surface area contributed by atoms with Crippen molar-refractivity contribution in [3.63, 3.8) is 0 Å². The smallest absolute Gasteiger partial charge is 0.371 e. The van der Waals surface area contributed by atoms with Crippen molar-refractivity contribution >= 4 is 5.97 Å². The fraction of sp³-hybridized carbons (Fsp3) is 0.333. The molecule has 0 saturated heterocycles. The maximum atomic E-state index is 10.8. The Labute approximate surface area is 135 Å². The van der Waals surface area contributed by atoms with E-state index in [1.165, 1.54) is 17.7 Å². The first-order chi connectivity index (χ1) is 10.9. The Kier molecular flexibility index (Phi) is 5.07. The molecule has 5 nitrogen and oxygen atoms in total. The molecule has 0 spiro atoms. The third-order valence-electron chi connectivity index (χ3n) is 3.79. The van der Waals surface area contributed by atoms with Gasteiger partial charge in [0.1, 0.15) is 17.4 Å². The van der Waals surface area contributed by atoms with Gasteiger partial charge in [0, 0.05) is 6.42 Å². The molecule has 1 aromatic carbocycles. The summed E-state index contributed by atoms with van der Waals surface area (Å²) in [6.07, 6.45) is 0.426. The number of nitriles is 1. The van der Waals surface area contributed by atoms with Crippen molar-refractivity contribution < 1.29 is 19.1 Å². The summed E-state index contributed by atoms with van der Waals surface area (Å²) < 4.78 is 11.0. The number of benzene rings is 1. The monoisotopic (exact) mass is 313 g/mol. The van der Waals surface area contributed by atoms with E-state index in [9.17, 15) is 10.1 Å². The van der Waals surface area contributed by atoms with E-state index in [4.69, 9.17) is 14.3 Å². The van der Waals surface area contributed by atoms with Crippen molar-refractivity contribution in [3.05, 3.63) is 52.5 Å². The Morgan fingerprint density at radius 1 is 1.26 bits per heavy atom. The predicted octanol–water partition coefficient (Wildman–Crippen LogP) is 3.98. The molecule has 0 fully saturated rings. The molecule has 1 unspecified atom stereocenters. The second-order valence-corrected chi connectivity index (χ2v) is 5.53. The molecule has 23 heavy (non-hydrogen) atoms. The van der Waals surface area contributed by atoms with Gasteiger partial charge in [0.05, 0.1) is 12.7 Å². The fourth-order valence-electron chi connectivity index (χ4n) is 2.30. The zero-order chi connectivity index (χ0) is 17.0. The van der Waals surface area contributed by atoms with Crippen LogP contribution in [0.4, 0.5) is 0 Å². The lowest BCUT2D eigenvalue weighted by atomic mass is 10.0. The van der Waals surface area contributed by atoms with Crippen molar-refractivity contribution in [3.8, 4) is 11.8 Å². The molecule has 0 radical (unpaired) electrons. The molecule has 120 valence electrons. The van der Waals surface area contributed by atoms with Crippen LogP contribution in [0.3, 0.4) is 0 Å². The molecule has 1 heterocycles. The summed E-state index contributed by atoms with van der Waals surface area (Å²) in [4.78, 5) is 10.8. The summed E-state index contributed by atoms with van der Waals surface area (Å²) in [5.74, 6) is -0.683. The van der Waals surface area contributed by atoms with E-state index in [2.05, 4.69) is 19.1 Å². The van der Waals surface area contributed by atoms with Crippen LogP contribution in [0.1, 0.15) is 45.3 Å². The average molecular weight is 313 g/mol. The minimum atomic E-state index is -1.14. The van der Waals surface area contributed by atoms with E-state index in [1.807, 2.05) is 19.9 Å². The SMILES string of the molecule is Cc1cc(C)c(OCCC(C#N)c2ccc(C(=O)O)o2)cc1C. The Morgan fingerprint density at radius 3 is 2.57 bits per heavy atom. The fourth-order valence-corrected chi connectivity index (χ4v) is 2.30. The minimum Gasteiger partial charge on any atom is -0.493 e. The van der Waals surface area contributed by atoms with E-state index in [1.54, 1.807) is 0 Å². The van der Waals surface area contributed by atoms with Crippen molar-refractivity contribution in [2.45, 2.75) is 33.1 Å². The molecule has 1 aromatic heterocycles. The zero-order valence-electron chi connectivity index (χ0n) is 13.4. The Hall–Kier alpha value is -2.74. The van der Waals surface area contributed by atoms with Gasteiger partial charge in [-0.1, -0.05) is 6.07 Å². The third kappa shape index (κ3) is 3.92. The van der Waals surface area contributed by atoms with Crippen LogP contribution >= 0.6 is 0 Å². The minimum absolute atomic E-state index is 0.161. The molecule has 0 aliphatic heterocycles. The summed E-state index contributed by atoms with van der Waals surface area (Å²) in [5, 5.41) is 18.1. The van der Waals surface area contributed by atoms with E-state index < -0.39 is 11.9 Å². The van der Waals surface area contributed by atoms with Gasteiger partial charge in [0.2, 0.25) is 5.76 Å². The van der Waals surface area contributed by atoms with Gasteiger partial charge in [-0.05, 0) is 55.7 Å². The molecule has 2 aromatic rings. The van der Waals surface area contributed by atoms with Gasteiger partial charge in [0.15, 0.2) is 0 Å². The number of aryl methyl sites for hydroxylation is 3. The second-order valence-electron chi connectivity index (χ2n) is 5.53. The Balaban J connectivity index is 2.00. The second kappa shape index (κ2) is 7.01.